The van der Waals surface area contributed by atoms with Crippen LogP contribution in [-0.2, 0) is 0 Å². The summed E-state index contributed by atoms with van der Waals surface area (Å²) in [4.78, 5) is 42.8. The van der Waals surface area contributed by atoms with E-state index in [-0.39, 0.29) is 22.2 Å². The standard InChI is InChI=1S/C16H18ClN7O5/c1-3-4-7-22(2)15-13(24(28)29)14(18-9-19-15)20-21-16(25)10-5-6-11(17)12(8-10)23(26)27/h5-6,8-9H,3-4,7H2,1-2H3,(H,21,25)(H,18,19,20). The molecule has 29 heavy (non-hydrogen) atoms. The molecule has 2 aromatic rings. The second-order valence-corrected chi connectivity index (χ2v) is 6.34. The van der Waals surface area contributed by atoms with Crippen molar-refractivity contribution in [3.8, 4) is 0 Å². The van der Waals surface area contributed by atoms with Crippen LogP contribution in [0.25, 0.3) is 0 Å². The molecule has 0 radical (unpaired) electrons. The Morgan fingerprint density at radius 3 is 2.59 bits per heavy atom. The highest BCUT2D eigenvalue weighted by Gasteiger charge is 2.26. The van der Waals surface area contributed by atoms with Gasteiger partial charge in [-0.05, 0) is 18.6 Å². The van der Waals surface area contributed by atoms with Crippen LogP contribution in [0.3, 0.4) is 0 Å². The zero-order valence-corrected chi connectivity index (χ0v) is 16.3. The van der Waals surface area contributed by atoms with Crippen molar-refractivity contribution in [1.29, 1.82) is 0 Å². The Bertz CT molecular complexity index is 940. The number of rotatable bonds is 9. The maximum Gasteiger partial charge on any atom is 0.355 e. The molecule has 0 unspecified atom stereocenters. The van der Waals surface area contributed by atoms with E-state index in [0.717, 1.165) is 25.2 Å². The number of hydrogen-bond acceptors (Lipinski definition) is 9. The lowest BCUT2D eigenvalue weighted by molar-refractivity contribution is -0.384. The van der Waals surface area contributed by atoms with Crippen molar-refractivity contribution >= 4 is 40.5 Å². The van der Waals surface area contributed by atoms with Gasteiger partial charge < -0.3 is 4.90 Å². The molecule has 2 rings (SSSR count). The highest BCUT2D eigenvalue weighted by Crippen LogP contribution is 2.31. The van der Waals surface area contributed by atoms with Crippen LogP contribution >= 0.6 is 11.6 Å². The molecule has 1 aromatic heterocycles. The zero-order valence-electron chi connectivity index (χ0n) is 15.6. The number of nitro benzene ring substituents is 1. The van der Waals surface area contributed by atoms with Gasteiger partial charge in [-0.3, -0.25) is 35.9 Å². The van der Waals surface area contributed by atoms with Crippen molar-refractivity contribution < 1.29 is 14.6 Å². The maximum atomic E-state index is 12.3. The third kappa shape index (κ3) is 5.25. The van der Waals surface area contributed by atoms with Gasteiger partial charge in [0.15, 0.2) is 0 Å². The SMILES string of the molecule is CCCCN(C)c1ncnc(NNC(=O)c2ccc(Cl)c([N+](=O)[O-])c2)c1[N+](=O)[O-]. The summed E-state index contributed by atoms with van der Waals surface area (Å²) in [5.74, 6) is -0.893. The van der Waals surface area contributed by atoms with E-state index >= 15 is 0 Å². The van der Waals surface area contributed by atoms with Gasteiger partial charge in [0.05, 0.1) is 9.85 Å². The minimum Gasteiger partial charge on any atom is -0.354 e. The average molecular weight is 424 g/mol. The van der Waals surface area contributed by atoms with Crippen molar-refractivity contribution in [1.82, 2.24) is 15.4 Å². The molecule has 0 atom stereocenters. The molecule has 13 heteroatoms. The molecular formula is C16H18ClN7O5. The Hall–Kier alpha value is -3.54. The number of carbonyl (C=O) groups excluding carboxylic acids is 1. The van der Waals surface area contributed by atoms with E-state index in [1.807, 2.05) is 6.92 Å². The van der Waals surface area contributed by atoms with Gasteiger partial charge in [0.25, 0.3) is 11.6 Å². The lowest BCUT2D eigenvalue weighted by Gasteiger charge is -2.18. The topological polar surface area (TPSA) is 156 Å². The van der Waals surface area contributed by atoms with Crippen LogP contribution in [0.15, 0.2) is 24.5 Å². The second-order valence-electron chi connectivity index (χ2n) is 5.93. The monoisotopic (exact) mass is 423 g/mol. The summed E-state index contributed by atoms with van der Waals surface area (Å²) >= 11 is 5.72. The normalized spacial score (nSPS) is 10.3. The number of nitrogens with one attached hydrogen (secondary N) is 2. The highest BCUT2D eigenvalue weighted by atomic mass is 35.5. The molecule has 0 aliphatic rings. The first-order valence-corrected chi connectivity index (χ1v) is 8.84. The largest absolute Gasteiger partial charge is 0.355 e. The number of carbonyl (C=O) groups is 1. The minimum absolute atomic E-state index is 0.0643. The van der Waals surface area contributed by atoms with E-state index in [9.17, 15) is 25.0 Å². The zero-order chi connectivity index (χ0) is 21.6. The number of anilines is 2. The summed E-state index contributed by atoms with van der Waals surface area (Å²) in [6.07, 6.45) is 2.84. The second kappa shape index (κ2) is 9.59. The first-order chi connectivity index (χ1) is 13.8. The summed E-state index contributed by atoms with van der Waals surface area (Å²) in [7, 11) is 1.67. The van der Waals surface area contributed by atoms with Crippen molar-refractivity contribution in [3.05, 3.63) is 55.3 Å². The maximum absolute atomic E-state index is 12.3. The molecule has 0 aliphatic carbocycles. The van der Waals surface area contributed by atoms with E-state index in [4.69, 9.17) is 11.6 Å². The Morgan fingerprint density at radius 1 is 1.24 bits per heavy atom. The fraction of sp³-hybridized carbons (Fsp3) is 0.312. The first kappa shape index (κ1) is 21.8. The Kier molecular flexibility index (Phi) is 7.20. The molecule has 0 bridgehead atoms. The molecule has 1 heterocycles. The van der Waals surface area contributed by atoms with E-state index in [0.29, 0.717) is 6.54 Å². The molecule has 0 aliphatic heterocycles. The van der Waals surface area contributed by atoms with Crippen molar-refractivity contribution in [3.63, 3.8) is 0 Å². The molecule has 1 aromatic carbocycles. The molecule has 0 saturated heterocycles. The summed E-state index contributed by atoms with van der Waals surface area (Å²) in [6.45, 7) is 2.54. The van der Waals surface area contributed by atoms with Crippen molar-refractivity contribution in [2.45, 2.75) is 19.8 Å². The molecule has 0 spiro atoms. The number of hydrogen-bond donors (Lipinski definition) is 2. The van der Waals surface area contributed by atoms with Crippen LogP contribution in [0.2, 0.25) is 5.02 Å². The van der Waals surface area contributed by atoms with E-state index in [2.05, 4.69) is 20.8 Å². The number of unbranched alkanes of at least 4 members (excludes halogenated alkanes) is 1. The highest BCUT2D eigenvalue weighted by molar-refractivity contribution is 6.32. The van der Waals surface area contributed by atoms with Gasteiger partial charge in [-0.15, -0.1) is 0 Å². The average Bonchev–Trinajstić information content (AvgIpc) is 2.69. The lowest BCUT2D eigenvalue weighted by atomic mass is 10.2. The van der Waals surface area contributed by atoms with Crippen LogP contribution in [0.1, 0.15) is 30.1 Å². The molecule has 12 nitrogen and oxygen atoms in total. The van der Waals surface area contributed by atoms with E-state index < -0.39 is 27.1 Å². The number of amides is 1. The summed E-state index contributed by atoms with van der Waals surface area (Å²) < 4.78 is 0. The number of hydrazine groups is 1. The fourth-order valence-corrected chi connectivity index (χ4v) is 2.58. The number of benzene rings is 1. The van der Waals surface area contributed by atoms with Crippen molar-refractivity contribution in [2.75, 3.05) is 23.9 Å². The van der Waals surface area contributed by atoms with Gasteiger partial charge in [0.1, 0.15) is 11.3 Å². The molecule has 154 valence electrons. The van der Waals surface area contributed by atoms with Crippen LogP contribution in [0.5, 0.6) is 0 Å². The van der Waals surface area contributed by atoms with Gasteiger partial charge >= 0.3 is 5.69 Å². The first-order valence-electron chi connectivity index (χ1n) is 8.47. The molecular weight excluding hydrogens is 406 g/mol. The molecule has 0 saturated carbocycles. The predicted octanol–water partition coefficient (Wildman–Crippen LogP) is 2.94. The van der Waals surface area contributed by atoms with Gasteiger partial charge in [-0.2, -0.15) is 0 Å². The third-order valence-corrected chi connectivity index (χ3v) is 4.21. The van der Waals surface area contributed by atoms with Gasteiger partial charge in [-0.1, -0.05) is 24.9 Å². The number of aromatic nitrogens is 2. The quantitative estimate of drug-likeness (QED) is 0.457. The summed E-state index contributed by atoms with van der Waals surface area (Å²) in [5.41, 5.74) is 3.71. The van der Waals surface area contributed by atoms with Gasteiger partial charge in [-0.25, -0.2) is 9.97 Å². The van der Waals surface area contributed by atoms with Gasteiger partial charge in [0.2, 0.25) is 11.6 Å². The smallest absolute Gasteiger partial charge is 0.354 e. The van der Waals surface area contributed by atoms with Crippen LogP contribution in [0, 0.1) is 20.2 Å². The lowest BCUT2D eigenvalue weighted by Crippen LogP contribution is -2.31. The van der Waals surface area contributed by atoms with Crippen LogP contribution in [-0.4, -0.2) is 39.3 Å². The Balaban J connectivity index is 2.24. The van der Waals surface area contributed by atoms with Crippen LogP contribution in [0.4, 0.5) is 23.0 Å². The number of halogens is 1. The molecule has 2 N–H and O–H groups in total. The van der Waals surface area contributed by atoms with Crippen LogP contribution < -0.4 is 15.8 Å². The Morgan fingerprint density at radius 2 is 1.97 bits per heavy atom. The fourth-order valence-electron chi connectivity index (χ4n) is 2.39. The van der Waals surface area contributed by atoms with E-state index in [1.165, 1.54) is 12.1 Å². The summed E-state index contributed by atoms with van der Waals surface area (Å²) in [5, 5.41) is 22.4. The minimum atomic E-state index is -0.765. The predicted molar refractivity (Wildman–Crippen MR) is 106 cm³/mol. The molecule has 0 fully saturated rings. The van der Waals surface area contributed by atoms with E-state index in [1.54, 1.807) is 11.9 Å². The van der Waals surface area contributed by atoms with Gasteiger partial charge in [0, 0.05) is 25.2 Å². The molecule has 1 amide bonds. The number of nitrogens with zero attached hydrogens (tertiary/aromatic N) is 5. The Labute approximate surface area is 170 Å². The third-order valence-electron chi connectivity index (χ3n) is 3.89. The number of nitro groups is 2. The van der Waals surface area contributed by atoms with Crippen molar-refractivity contribution in [2.24, 2.45) is 0 Å². The summed E-state index contributed by atoms with van der Waals surface area (Å²) in [6, 6.07) is 3.49.